The smallest absolute Gasteiger partial charge is 0.124 e. The van der Waals surface area contributed by atoms with E-state index in [0.29, 0.717) is 5.92 Å². The quantitative estimate of drug-likeness (QED) is 0.844. The van der Waals surface area contributed by atoms with Gasteiger partial charge in [0.15, 0.2) is 0 Å². The molecule has 102 valence electrons. The molecule has 18 heavy (non-hydrogen) atoms. The number of methoxy groups -OCH3 is 1. The highest BCUT2D eigenvalue weighted by atomic mass is 16.5. The highest BCUT2D eigenvalue weighted by molar-refractivity contribution is 5.56. The number of aryl methyl sites for hydroxylation is 2. The number of anilines is 1. The molecule has 0 radical (unpaired) electrons. The standard InChI is InChI=1S/C15H25NO2/c1-6-13(10-17)9-16(4)14-7-11(2)15(18-5)12(3)8-14/h7-8,13,17H,6,9-10H2,1-5H3. The summed E-state index contributed by atoms with van der Waals surface area (Å²) in [5, 5.41) is 9.27. The van der Waals surface area contributed by atoms with Crippen LogP contribution in [-0.2, 0) is 0 Å². The average molecular weight is 251 g/mol. The Bertz CT molecular complexity index is 363. The van der Waals surface area contributed by atoms with Gasteiger partial charge in [0.25, 0.3) is 0 Å². The number of hydrogen-bond acceptors (Lipinski definition) is 3. The summed E-state index contributed by atoms with van der Waals surface area (Å²) < 4.78 is 5.38. The van der Waals surface area contributed by atoms with Crippen molar-refractivity contribution in [1.82, 2.24) is 0 Å². The summed E-state index contributed by atoms with van der Waals surface area (Å²) in [5.41, 5.74) is 3.48. The third-order valence-corrected chi connectivity index (χ3v) is 3.46. The molecule has 0 spiro atoms. The fourth-order valence-electron chi connectivity index (χ4n) is 2.28. The van der Waals surface area contributed by atoms with Gasteiger partial charge in [0.05, 0.1) is 7.11 Å². The molecule has 0 aliphatic carbocycles. The second-order valence-electron chi connectivity index (χ2n) is 4.95. The molecule has 0 fully saturated rings. The van der Waals surface area contributed by atoms with Crippen molar-refractivity contribution in [1.29, 1.82) is 0 Å². The van der Waals surface area contributed by atoms with Gasteiger partial charge in [-0.05, 0) is 49.4 Å². The van der Waals surface area contributed by atoms with E-state index in [1.165, 1.54) is 5.69 Å². The zero-order valence-corrected chi connectivity index (χ0v) is 12.2. The van der Waals surface area contributed by atoms with Crippen molar-refractivity contribution in [2.45, 2.75) is 27.2 Å². The van der Waals surface area contributed by atoms with E-state index < -0.39 is 0 Å². The SMILES string of the molecule is CCC(CO)CN(C)c1cc(C)c(OC)c(C)c1. The van der Waals surface area contributed by atoms with Crippen molar-refractivity contribution in [3.8, 4) is 5.75 Å². The lowest BCUT2D eigenvalue weighted by molar-refractivity contribution is 0.225. The molecule has 0 aliphatic heterocycles. The first kappa shape index (κ1) is 14.8. The molecular formula is C15H25NO2. The lowest BCUT2D eigenvalue weighted by Gasteiger charge is -2.25. The summed E-state index contributed by atoms with van der Waals surface area (Å²) in [7, 11) is 3.77. The Labute approximate surface area is 110 Å². The van der Waals surface area contributed by atoms with E-state index in [2.05, 4.69) is 44.9 Å². The monoisotopic (exact) mass is 251 g/mol. The number of hydrogen-bond donors (Lipinski definition) is 1. The van der Waals surface area contributed by atoms with Gasteiger partial charge in [0.1, 0.15) is 5.75 Å². The van der Waals surface area contributed by atoms with Crippen molar-refractivity contribution in [2.75, 3.05) is 32.2 Å². The Hall–Kier alpha value is -1.22. The molecule has 0 heterocycles. The zero-order valence-electron chi connectivity index (χ0n) is 12.2. The van der Waals surface area contributed by atoms with Crippen molar-refractivity contribution in [3.05, 3.63) is 23.3 Å². The minimum atomic E-state index is 0.245. The van der Waals surface area contributed by atoms with E-state index >= 15 is 0 Å². The number of nitrogens with zero attached hydrogens (tertiary/aromatic N) is 1. The molecule has 0 bridgehead atoms. The Morgan fingerprint density at radius 2 is 1.83 bits per heavy atom. The number of ether oxygens (including phenoxy) is 1. The highest BCUT2D eigenvalue weighted by Gasteiger charge is 2.12. The topological polar surface area (TPSA) is 32.7 Å². The Morgan fingerprint density at radius 3 is 2.22 bits per heavy atom. The number of benzene rings is 1. The largest absolute Gasteiger partial charge is 0.496 e. The minimum absolute atomic E-state index is 0.245. The molecule has 0 aromatic heterocycles. The third-order valence-electron chi connectivity index (χ3n) is 3.46. The Balaban J connectivity index is 2.90. The molecule has 0 amide bonds. The van der Waals surface area contributed by atoms with Crippen LogP contribution in [0.3, 0.4) is 0 Å². The average Bonchev–Trinajstić information content (AvgIpc) is 2.35. The second kappa shape index (κ2) is 6.64. The molecule has 0 saturated heterocycles. The summed E-state index contributed by atoms with van der Waals surface area (Å²) in [6.45, 7) is 7.35. The maximum absolute atomic E-state index is 9.27. The maximum Gasteiger partial charge on any atom is 0.124 e. The van der Waals surface area contributed by atoms with Crippen LogP contribution >= 0.6 is 0 Å². The van der Waals surface area contributed by atoms with E-state index in [0.717, 1.165) is 29.8 Å². The number of aliphatic hydroxyl groups is 1. The van der Waals surface area contributed by atoms with Gasteiger partial charge in [-0.15, -0.1) is 0 Å². The molecule has 1 unspecified atom stereocenters. The van der Waals surface area contributed by atoms with Crippen molar-refractivity contribution in [3.63, 3.8) is 0 Å². The number of aliphatic hydroxyl groups excluding tert-OH is 1. The minimum Gasteiger partial charge on any atom is -0.496 e. The van der Waals surface area contributed by atoms with Crippen LogP contribution in [-0.4, -0.2) is 32.4 Å². The van der Waals surface area contributed by atoms with Gasteiger partial charge in [0, 0.05) is 25.9 Å². The normalized spacial score (nSPS) is 12.3. The molecule has 1 N–H and O–H groups in total. The molecule has 3 heteroatoms. The number of rotatable bonds is 6. The van der Waals surface area contributed by atoms with E-state index in [-0.39, 0.29) is 6.61 Å². The van der Waals surface area contributed by atoms with Crippen LogP contribution < -0.4 is 9.64 Å². The zero-order chi connectivity index (χ0) is 13.7. The summed E-state index contributed by atoms with van der Waals surface area (Å²) in [5.74, 6) is 1.29. The Morgan fingerprint density at radius 1 is 1.28 bits per heavy atom. The van der Waals surface area contributed by atoms with Crippen LogP contribution in [0.2, 0.25) is 0 Å². The van der Waals surface area contributed by atoms with Gasteiger partial charge in [-0.3, -0.25) is 0 Å². The summed E-state index contributed by atoms with van der Waals surface area (Å²) in [6, 6.07) is 4.27. The summed E-state index contributed by atoms with van der Waals surface area (Å²) >= 11 is 0. The highest BCUT2D eigenvalue weighted by Crippen LogP contribution is 2.28. The van der Waals surface area contributed by atoms with E-state index in [1.807, 2.05) is 0 Å². The van der Waals surface area contributed by atoms with Gasteiger partial charge in [-0.1, -0.05) is 6.92 Å². The van der Waals surface area contributed by atoms with Crippen LogP contribution in [0.25, 0.3) is 0 Å². The first-order valence-electron chi connectivity index (χ1n) is 6.50. The lowest BCUT2D eigenvalue weighted by atomic mass is 10.1. The van der Waals surface area contributed by atoms with Crippen molar-refractivity contribution in [2.24, 2.45) is 5.92 Å². The molecule has 1 aromatic carbocycles. The molecule has 3 nitrogen and oxygen atoms in total. The second-order valence-corrected chi connectivity index (χ2v) is 4.95. The molecule has 1 atom stereocenters. The predicted molar refractivity (Wildman–Crippen MR) is 76.6 cm³/mol. The van der Waals surface area contributed by atoms with Crippen molar-refractivity contribution >= 4 is 5.69 Å². The van der Waals surface area contributed by atoms with Crippen LogP contribution in [0.5, 0.6) is 5.75 Å². The summed E-state index contributed by atoms with van der Waals surface area (Å²) in [4.78, 5) is 2.20. The first-order chi connectivity index (χ1) is 8.53. The van der Waals surface area contributed by atoms with Gasteiger partial charge in [-0.2, -0.15) is 0 Å². The maximum atomic E-state index is 9.27. The van der Waals surface area contributed by atoms with E-state index in [4.69, 9.17) is 4.74 Å². The fourth-order valence-corrected chi connectivity index (χ4v) is 2.28. The van der Waals surface area contributed by atoms with Gasteiger partial charge < -0.3 is 14.7 Å². The molecule has 0 saturated carbocycles. The molecule has 1 aromatic rings. The molecular weight excluding hydrogens is 226 g/mol. The predicted octanol–water partition coefficient (Wildman–Crippen LogP) is 2.77. The molecule has 1 rings (SSSR count). The first-order valence-corrected chi connectivity index (χ1v) is 6.50. The third kappa shape index (κ3) is 3.39. The summed E-state index contributed by atoms with van der Waals surface area (Å²) in [6.07, 6.45) is 0.995. The fraction of sp³-hybridized carbons (Fsp3) is 0.600. The van der Waals surface area contributed by atoms with Crippen LogP contribution in [0.15, 0.2) is 12.1 Å². The van der Waals surface area contributed by atoms with Crippen LogP contribution in [0.4, 0.5) is 5.69 Å². The van der Waals surface area contributed by atoms with E-state index in [9.17, 15) is 5.11 Å². The van der Waals surface area contributed by atoms with Gasteiger partial charge in [-0.25, -0.2) is 0 Å². The van der Waals surface area contributed by atoms with Gasteiger partial charge >= 0.3 is 0 Å². The van der Waals surface area contributed by atoms with E-state index in [1.54, 1.807) is 7.11 Å². The van der Waals surface area contributed by atoms with Crippen LogP contribution in [0, 0.1) is 19.8 Å². The van der Waals surface area contributed by atoms with Gasteiger partial charge in [0.2, 0.25) is 0 Å². The molecule has 0 aliphatic rings. The lowest BCUT2D eigenvalue weighted by Crippen LogP contribution is -2.27. The van der Waals surface area contributed by atoms with Crippen LogP contribution in [0.1, 0.15) is 24.5 Å². The Kier molecular flexibility index (Phi) is 5.48. The van der Waals surface area contributed by atoms with Crippen molar-refractivity contribution < 1.29 is 9.84 Å².